The fraction of sp³-hybridized carbons (Fsp3) is 0.887. The minimum atomic E-state index is -0.775. The van der Waals surface area contributed by atoms with E-state index in [2.05, 4.69) is 45.1 Å². The molecule has 6 heteroatoms. The SMILES string of the molecule is CCCCCCC/C=C\CCCCCCCC(=O)OCC(COC(=O)CCCCCCCCCCCCCCCCCCCCCCC)OC(=O)CCCCCCC/C=C\CCCCCCCC. The minimum absolute atomic E-state index is 0.0726. The van der Waals surface area contributed by atoms with E-state index in [1.807, 2.05) is 0 Å². The van der Waals surface area contributed by atoms with Crippen LogP contribution in [0.5, 0.6) is 0 Å². The molecule has 0 rings (SSSR count). The van der Waals surface area contributed by atoms with Crippen molar-refractivity contribution in [3.05, 3.63) is 24.3 Å². The van der Waals surface area contributed by atoms with Gasteiger partial charge in [-0.15, -0.1) is 0 Å². The molecule has 0 amide bonds. The van der Waals surface area contributed by atoms with Gasteiger partial charge in [-0.3, -0.25) is 14.4 Å². The van der Waals surface area contributed by atoms with Crippen LogP contribution in [0.4, 0.5) is 0 Å². The summed E-state index contributed by atoms with van der Waals surface area (Å²) in [7, 11) is 0. The standard InChI is InChI=1S/C62H116O6/c1-4-7-10-13-16-19-22-25-28-29-30-31-32-33-35-37-40-43-46-49-52-55-61(64)67-58-59(57-66-60(63)54-51-48-45-42-39-36-27-24-21-18-15-12-9-6-3)68-62(65)56-53-50-47-44-41-38-34-26-23-20-17-14-11-8-5-2/h24,26-27,34,59H,4-23,25,28-33,35-58H2,1-3H3/b27-24-,34-26-. The highest BCUT2D eigenvalue weighted by molar-refractivity contribution is 5.71. The molecule has 0 fully saturated rings. The van der Waals surface area contributed by atoms with Crippen molar-refractivity contribution in [2.24, 2.45) is 0 Å². The lowest BCUT2D eigenvalue weighted by Gasteiger charge is -2.18. The zero-order chi connectivity index (χ0) is 49.3. The fourth-order valence-corrected chi connectivity index (χ4v) is 9.08. The first kappa shape index (κ1) is 65.9. The van der Waals surface area contributed by atoms with Gasteiger partial charge in [0.05, 0.1) is 0 Å². The van der Waals surface area contributed by atoms with Gasteiger partial charge in [0.25, 0.3) is 0 Å². The van der Waals surface area contributed by atoms with Gasteiger partial charge in [-0.2, -0.15) is 0 Å². The molecule has 0 aliphatic heterocycles. The quantitative estimate of drug-likeness (QED) is 0.0262. The summed E-state index contributed by atoms with van der Waals surface area (Å²) in [4.78, 5) is 38.2. The molecule has 6 nitrogen and oxygen atoms in total. The molecular weight excluding hydrogens is 841 g/mol. The topological polar surface area (TPSA) is 78.9 Å². The summed E-state index contributed by atoms with van der Waals surface area (Å²) in [5, 5.41) is 0. The van der Waals surface area contributed by atoms with Crippen LogP contribution in [0, 0.1) is 0 Å². The van der Waals surface area contributed by atoms with Crippen LogP contribution < -0.4 is 0 Å². The van der Waals surface area contributed by atoms with E-state index in [1.54, 1.807) is 0 Å². The van der Waals surface area contributed by atoms with Gasteiger partial charge in [0, 0.05) is 19.3 Å². The highest BCUT2D eigenvalue weighted by atomic mass is 16.6. The van der Waals surface area contributed by atoms with Gasteiger partial charge in [0.2, 0.25) is 0 Å². The van der Waals surface area contributed by atoms with Crippen LogP contribution in [-0.4, -0.2) is 37.2 Å². The lowest BCUT2D eigenvalue weighted by atomic mass is 10.0. The number of ether oxygens (including phenoxy) is 3. The van der Waals surface area contributed by atoms with Crippen molar-refractivity contribution in [3.63, 3.8) is 0 Å². The molecule has 0 radical (unpaired) electrons. The Bertz CT molecular complexity index is 1100. The number of hydrogen-bond donors (Lipinski definition) is 0. The molecule has 0 aromatic carbocycles. The van der Waals surface area contributed by atoms with Gasteiger partial charge >= 0.3 is 17.9 Å². The Kier molecular flexibility index (Phi) is 55.7. The Balaban J connectivity index is 4.29. The predicted octanol–water partition coefficient (Wildman–Crippen LogP) is 20.3. The van der Waals surface area contributed by atoms with Crippen molar-refractivity contribution in [1.29, 1.82) is 0 Å². The highest BCUT2D eigenvalue weighted by Gasteiger charge is 2.19. The summed E-state index contributed by atoms with van der Waals surface area (Å²) in [5.74, 6) is -0.868. The molecule has 68 heavy (non-hydrogen) atoms. The molecule has 1 unspecified atom stereocenters. The zero-order valence-electron chi connectivity index (χ0n) is 45.9. The third kappa shape index (κ3) is 54.8. The van der Waals surface area contributed by atoms with Crippen molar-refractivity contribution in [2.45, 2.75) is 341 Å². The summed E-state index contributed by atoms with van der Waals surface area (Å²) in [6.07, 6.45) is 67.5. The number of esters is 3. The number of carbonyl (C=O) groups excluding carboxylic acids is 3. The maximum atomic E-state index is 12.9. The van der Waals surface area contributed by atoms with E-state index in [0.29, 0.717) is 19.3 Å². The first-order chi connectivity index (χ1) is 33.5. The molecule has 1 atom stereocenters. The molecule has 0 aromatic rings. The molecular formula is C62H116O6. The Morgan fingerprint density at radius 2 is 0.485 bits per heavy atom. The summed E-state index contributed by atoms with van der Waals surface area (Å²) in [6, 6.07) is 0. The van der Waals surface area contributed by atoms with Crippen LogP contribution in [0.1, 0.15) is 335 Å². The second-order valence-corrected chi connectivity index (χ2v) is 20.6. The Labute approximate surface area is 423 Å². The largest absolute Gasteiger partial charge is 0.462 e. The van der Waals surface area contributed by atoms with Gasteiger partial charge in [0.15, 0.2) is 6.10 Å². The van der Waals surface area contributed by atoms with E-state index < -0.39 is 6.10 Å². The summed E-state index contributed by atoms with van der Waals surface area (Å²) >= 11 is 0. The second-order valence-electron chi connectivity index (χ2n) is 20.6. The average molecular weight is 958 g/mol. The lowest BCUT2D eigenvalue weighted by molar-refractivity contribution is -0.167. The smallest absolute Gasteiger partial charge is 0.306 e. The molecule has 0 N–H and O–H groups in total. The van der Waals surface area contributed by atoms with E-state index in [9.17, 15) is 14.4 Å². The van der Waals surface area contributed by atoms with Crippen LogP contribution in [-0.2, 0) is 28.6 Å². The Hall–Kier alpha value is -2.11. The minimum Gasteiger partial charge on any atom is -0.462 e. The number of hydrogen-bond acceptors (Lipinski definition) is 6. The lowest BCUT2D eigenvalue weighted by Crippen LogP contribution is -2.30. The van der Waals surface area contributed by atoms with Crippen molar-refractivity contribution in [2.75, 3.05) is 13.2 Å². The number of carbonyl (C=O) groups is 3. The van der Waals surface area contributed by atoms with Crippen LogP contribution in [0.3, 0.4) is 0 Å². The third-order valence-electron chi connectivity index (χ3n) is 13.7. The Morgan fingerprint density at radius 3 is 0.735 bits per heavy atom. The fourth-order valence-electron chi connectivity index (χ4n) is 9.08. The molecule has 0 heterocycles. The van der Waals surface area contributed by atoms with E-state index in [-0.39, 0.29) is 31.1 Å². The molecule has 0 aliphatic carbocycles. The summed E-state index contributed by atoms with van der Waals surface area (Å²) in [6.45, 7) is 6.67. The van der Waals surface area contributed by atoms with Gasteiger partial charge in [0.1, 0.15) is 13.2 Å². The highest BCUT2D eigenvalue weighted by Crippen LogP contribution is 2.17. The van der Waals surface area contributed by atoms with Crippen molar-refractivity contribution < 1.29 is 28.6 Å². The number of rotatable bonds is 56. The maximum absolute atomic E-state index is 12.9. The van der Waals surface area contributed by atoms with E-state index in [0.717, 1.165) is 70.6 Å². The molecule has 0 bridgehead atoms. The van der Waals surface area contributed by atoms with Gasteiger partial charge in [-0.05, 0) is 70.6 Å². The summed E-state index contributed by atoms with van der Waals surface area (Å²) < 4.78 is 16.9. The van der Waals surface area contributed by atoms with Crippen LogP contribution in [0.25, 0.3) is 0 Å². The first-order valence-electron chi connectivity index (χ1n) is 30.3. The maximum Gasteiger partial charge on any atom is 0.306 e. The van der Waals surface area contributed by atoms with Gasteiger partial charge < -0.3 is 14.2 Å². The number of unbranched alkanes of at least 4 members (excludes halogenated alkanes) is 41. The molecule has 0 aliphatic rings. The molecule has 0 saturated heterocycles. The Morgan fingerprint density at radius 1 is 0.279 bits per heavy atom. The van der Waals surface area contributed by atoms with Crippen LogP contribution in [0.15, 0.2) is 24.3 Å². The molecule has 400 valence electrons. The van der Waals surface area contributed by atoms with Crippen molar-refractivity contribution >= 4 is 17.9 Å². The van der Waals surface area contributed by atoms with Crippen molar-refractivity contribution in [1.82, 2.24) is 0 Å². The first-order valence-corrected chi connectivity index (χ1v) is 30.3. The van der Waals surface area contributed by atoms with Gasteiger partial charge in [-0.1, -0.05) is 270 Å². The zero-order valence-corrected chi connectivity index (χ0v) is 45.9. The normalized spacial score (nSPS) is 12.1. The predicted molar refractivity (Wildman–Crippen MR) is 293 cm³/mol. The second kappa shape index (κ2) is 57.5. The molecule has 0 aromatic heterocycles. The summed E-state index contributed by atoms with van der Waals surface area (Å²) in [5.41, 5.74) is 0. The van der Waals surface area contributed by atoms with Crippen molar-refractivity contribution in [3.8, 4) is 0 Å². The molecule has 0 saturated carbocycles. The molecule has 0 spiro atoms. The van der Waals surface area contributed by atoms with E-state index in [4.69, 9.17) is 14.2 Å². The van der Waals surface area contributed by atoms with E-state index >= 15 is 0 Å². The van der Waals surface area contributed by atoms with Gasteiger partial charge in [-0.25, -0.2) is 0 Å². The van der Waals surface area contributed by atoms with Crippen LogP contribution in [0.2, 0.25) is 0 Å². The number of allylic oxidation sites excluding steroid dienone is 4. The van der Waals surface area contributed by atoms with Crippen LogP contribution >= 0.6 is 0 Å². The van der Waals surface area contributed by atoms with E-state index in [1.165, 1.54) is 225 Å². The average Bonchev–Trinajstić information content (AvgIpc) is 3.34. The third-order valence-corrected chi connectivity index (χ3v) is 13.7. The monoisotopic (exact) mass is 957 g/mol.